The molecule has 0 radical (unpaired) electrons. The molecule has 0 saturated carbocycles. The van der Waals surface area contributed by atoms with Crippen LogP contribution in [0.1, 0.15) is 57.7 Å². The molecule has 0 aliphatic heterocycles. The van der Waals surface area contributed by atoms with Gasteiger partial charge in [0.05, 0.1) is 0 Å². The topological polar surface area (TPSA) is 95.5 Å². The third-order valence-electron chi connectivity index (χ3n) is 6.10. The van der Waals surface area contributed by atoms with Crippen LogP contribution in [-0.4, -0.2) is 36.0 Å². The molecule has 8 heteroatoms. The fourth-order valence-corrected chi connectivity index (χ4v) is 6.15. The van der Waals surface area contributed by atoms with Crippen molar-refractivity contribution in [3.63, 3.8) is 0 Å². The zero-order valence-electron chi connectivity index (χ0n) is 22.2. The Morgan fingerprint density at radius 2 is 1.58 bits per heavy atom. The molecule has 0 bridgehead atoms. The number of nitrogens with one attached hydrogen (secondary N) is 2. The van der Waals surface area contributed by atoms with E-state index in [1.54, 1.807) is 30.3 Å². The van der Waals surface area contributed by atoms with Crippen molar-refractivity contribution < 1.29 is 23.4 Å². The molecular weight excluding hydrogens is 478 g/mol. The van der Waals surface area contributed by atoms with Crippen molar-refractivity contribution >= 4 is 19.2 Å². The van der Waals surface area contributed by atoms with E-state index in [0.29, 0.717) is 24.0 Å². The Kier molecular flexibility index (Phi) is 10.4. The smallest absolute Gasteiger partial charge is 0.242 e. The number of likely N-dealkylation sites (N-methyl/N-ethyl adjacent to an activating group) is 1. The van der Waals surface area contributed by atoms with Crippen LogP contribution in [0.4, 0.5) is 4.39 Å². The van der Waals surface area contributed by atoms with Crippen LogP contribution in [0.15, 0.2) is 48.5 Å². The van der Waals surface area contributed by atoms with Crippen LogP contribution in [-0.2, 0) is 26.7 Å². The largest absolute Gasteiger partial charge is 0.357 e. The van der Waals surface area contributed by atoms with Crippen molar-refractivity contribution in [3.8, 4) is 0 Å². The first-order valence-corrected chi connectivity index (χ1v) is 14.4. The first-order valence-electron chi connectivity index (χ1n) is 12.4. The molecule has 0 aliphatic carbocycles. The second-order valence-corrected chi connectivity index (χ2v) is 13.4. The molecule has 2 rings (SSSR count). The number of hydrogen-bond acceptors (Lipinski definition) is 3. The number of rotatable bonds is 11. The fourth-order valence-electron chi connectivity index (χ4n) is 4.23. The normalized spacial score (nSPS) is 15.1. The van der Waals surface area contributed by atoms with Gasteiger partial charge in [-0.2, -0.15) is 0 Å². The van der Waals surface area contributed by atoms with E-state index in [1.807, 2.05) is 46.8 Å². The van der Waals surface area contributed by atoms with E-state index in [4.69, 9.17) is 0 Å². The number of carbonyl (C=O) groups is 2. The highest BCUT2D eigenvalue weighted by atomic mass is 31.2. The van der Waals surface area contributed by atoms with Crippen molar-refractivity contribution in [3.05, 3.63) is 71.0 Å². The van der Waals surface area contributed by atoms with E-state index in [1.165, 1.54) is 13.1 Å². The molecule has 3 atom stereocenters. The number of amides is 2. The van der Waals surface area contributed by atoms with E-state index >= 15 is 0 Å². The maximum atomic E-state index is 13.9. The third-order valence-corrected chi connectivity index (χ3v) is 7.97. The van der Waals surface area contributed by atoms with Gasteiger partial charge in [0.25, 0.3) is 0 Å². The summed E-state index contributed by atoms with van der Waals surface area (Å²) in [5.74, 6) is -1.52. The van der Waals surface area contributed by atoms with E-state index < -0.39 is 24.7 Å². The zero-order chi connectivity index (χ0) is 27.1. The molecule has 0 heterocycles. The van der Waals surface area contributed by atoms with Crippen LogP contribution in [0.2, 0.25) is 0 Å². The average molecular weight is 519 g/mol. The average Bonchev–Trinajstić information content (AvgIpc) is 2.77. The van der Waals surface area contributed by atoms with E-state index in [-0.39, 0.29) is 35.9 Å². The molecule has 2 amide bonds. The Bertz CT molecular complexity index is 1080. The van der Waals surface area contributed by atoms with Crippen molar-refractivity contribution in [1.82, 2.24) is 10.6 Å². The summed E-state index contributed by atoms with van der Waals surface area (Å²) in [5, 5.41) is 5.40. The monoisotopic (exact) mass is 518 g/mol. The highest BCUT2D eigenvalue weighted by molar-refractivity contribution is 7.57. The van der Waals surface area contributed by atoms with Crippen molar-refractivity contribution in [1.29, 1.82) is 0 Å². The van der Waals surface area contributed by atoms with Gasteiger partial charge in [0.2, 0.25) is 19.2 Å². The van der Waals surface area contributed by atoms with Crippen LogP contribution in [0.3, 0.4) is 0 Å². The molecule has 0 saturated heterocycles. The second kappa shape index (κ2) is 12.6. The van der Waals surface area contributed by atoms with Crippen LogP contribution in [0, 0.1) is 23.1 Å². The van der Waals surface area contributed by atoms with Gasteiger partial charge < -0.3 is 15.5 Å². The zero-order valence-corrected chi connectivity index (χ0v) is 23.1. The Morgan fingerprint density at radius 3 is 2.11 bits per heavy atom. The molecule has 6 nitrogen and oxygen atoms in total. The van der Waals surface area contributed by atoms with Gasteiger partial charge >= 0.3 is 0 Å². The Morgan fingerprint density at radius 1 is 1.00 bits per heavy atom. The van der Waals surface area contributed by atoms with Crippen LogP contribution < -0.4 is 10.6 Å². The van der Waals surface area contributed by atoms with Gasteiger partial charge in [-0.15, -0.1) is 0 Å². The summed E-state index contributed by atoms with van der Waals surface area (Å²) in [6, 6.07) is 13.0. The molecule has 2 aromatic carbocycles. The Labute approximate surface area is 214 Å². The molecular formula is C28H40FN2O4P. The molecule has 0 fully saturated rings. The minimum atomic E-state index is -3.71. The molecule has 198 valence electrons. The quantitative estimate of drug-likeness (QED) is 0.360. The van der Waals surface area contributed by atoms with Crippen LogP contribution in [0.5, 0.6) is 0 Å². The van der Waals surface area contributed by atoms with Crippen LogP contribution in [0.25, 0.3) is 0 Å². The van der Waals surface area contributed by atoms with Gasteiger partial charge in [-0.05, 0) is 40.5 Å². The number of carbonyl (C=O) groups excluding carboxylic acids is 2. The van der Waals surface area contributed by atoms with Crippen LogP contribution >= 0.6 is 7.37 Å². The summed E-state index contributed by atoms with van der Waals surface area (Å²) in [6.07, 6.45) is 0.634. The minimum Gasteiger partial charge on any atom is -0.357 e. The van der Waals surface area contributed by atoms with Gasteiger partial charge in [0, 0.05) is 31.7 Å². The second-order valence-electron chi connectivity index (χ2n) is 11.0. The first-order chi connectivity index (χ1) is 16.7. The van der Waals surface area contributed by atoms with Gasteiger partial charge in [-0.3, -0.25) is 14.2 Å². The Hall–Kier alpha value is -2.50. The number of halogens is 1. The van der Waals surface area contributed by atoms with Gasteiger partial charge in [-0.1, -0.05) is 77.1 Å². The van der Waals surface area contributed by atoms with Gasteiger partial charge in [-0.25, -0.2) is 4.39 Å². The number of hydrogen-bond donors (Lipinski definition) is 3. The SMILES string of the molecule is CNC(=O)C(NC(=O)C(CC(C)C)CP(=O)(O)Cc1ccc(Cc2ccccc2F)cc1)C(C)(C)C. The third kappa shape index (κ3) is 9.18. The minimum absolute atomic E-state index is 0.0625. The lowest BCUT2D eigenvalue weighted by molar-refractivity contribution is -0.133. The summed E-state index contributed by atoms with van der Waals surface area (Å²) < 4.78 is 27.2. The maximum Gasteiger partial charge on any atom is 0.242 e. The van der Waals surface area contributed by atoms with E-state index in [2.05, 4.69) is 10.6 Å². The highest BCUT2D eigenvalue weighted by Crippen LogP contribution is 2.47. The Balaban J connectivity index is 2.12. The number of benzene rings is 2. The summed E-state index contributed by atoms with van der Waals surface area (Å²) in [4.78, 5) is 36.4. The molecule has 2 aromatic rings. The summed E-state index contributed by atoms with van der Waals surface area (Å²) in [6.45, 7) is 9.49. The molecule has 3 unspecified atom stereocenters. The van der Waals surface area contributed by atoms with E-state index in [9.17, 15) is 23.4 Å². The van der Waals surface area contributed by atoms with Crippen molar-refractivity contribution in [2.24, 2.45) is 17.3 Å². The lowest BCUT2D eigenvalue weighted by atomic mass is 9.85. The summed E-state index contributed by atoms with van der Waals surface area (Å²) in [7, 11) is -2.19. The van der Waals surface area contributed by atoms with Crippen molar-refractivity contribution in [2.75, 3.05) is 13.2 Å². The van der Waals surface area contributed by atoms with Gasteiger partial charge in [0.1, 0.15) is 11.9 Å². The fraction of sp³-hybridized carbons (Fsp3) is 0.500. The molecule has 0 spiro atoms. The lowest BCUT2D eigenvalue weighted by Crippen LogP contribution is -2.54. The highest BCUT2D eigenvalue weighted by Gasteiger charge is 2.36. The first kappa shape index (κ1) is 29.7. The van der Waals surface area contributed by atoms with Gasteiger partial charge in [0.15, 0.2) is 0 Å². The molecule has 0 aromatic heterocycles. The molecule has 36 heavy (non-hydrogen) atoms. The predicted molar refractivity (Wildman–Crippen MR) is 142 cm³/mol. The molecule has 0 aliphatic rings. The standard InChI is InChI=1S/C28H40FN2O4P/c1-19(2)15-23(26(32)31-25(27(33)30-6)28(3,4)5)18-36(34,35)17-21-13-11-20(12-14-21)16-22-9-7-8-10-24(22)29/h7-14,19,23,25H,15-18H2,1-6H3,(H,30,33)(H,31,32)(H,34,35). The molecule has 3 N–H and O–H groups in total. The summed E-state index contributed by atoms with van der Waals surface area (Å²) >= 11 is 0. The lowest BCUT2D eigenvalue weighted by Gasteiger charge is -2.32. The maximum absolute atomic E-state index is 13.9. The predicted octanol–water partition coefficient (Wildman–Crippen LogP) is 5.13. The van der Waals surface area contributed by atoms with E-state index in [0.717, 1.165) is 5.56 Å². The van der Waals surface area contributed by atoms with Crippen molar-refractivity contribution in [2.45, 2.75) is 59.7 Å². The summed E-state index contributed by atoms with van der Waals surface area (Å²) in [5.41, 5.74) is 1.65.